The molecule has 1 heterocycles. The lowest BCUT2D eigenvalue weighted by Crippen LogP contribution is -2.26. The van der Waals surface area contributed by atoms with Crippen molar-refractivity contribution in [1.29, 1.82) is 0 Å². The van der Waals surface area contributed by atoms with Crippen LogP contribution >= 0.6 is 27.5 Å². The largest absolute Gasteiger partial charge is 0.493 e. The van der Waals surface area contributed by atoms with Crippen molar-refractivity contribution >= 4 is 37.6 Å². The lowest BCUT2D eigenvalue weighted by molar-refractivity contribution is 0.353. The average Bonchev–Trinajstić information content (AvgIpc) is 2.73. The highest BCUT2D eigenvalue weighted by molar-refractivity contribution is 9.10. The first-order valence-corrected chi connectivity index (χ1v) is 8.47. The van der Waals surface area contributed by atoms with Crippen LogP contribution in [0, 0.1) is 0 Å². The SMILES string of the molecule is O=S(=O)(CCCl)NCc1cc(Br)cc2c1OCC2. The van der Waals surface area contributed by atoms with E-state index in [0.717, 1.165) is 27.8 Å². The van der Waals surface area contributed by atoms with Gasteiger partial charge in [0, 0.05) is 28.9 Å². The van der Waals surface area contributed by atoms with Gasteiger partial charge >= 0.3 is 0 Å². The van der Waals surface area contributed by atoms with E-state index in [1.54, 1.807) is 0 Å². The fourth-order valence-corrected chi connectivity index (χ4v) is 3.72. The molecule has 0 saturated heterocycles. The summed E-state index contributed by atoms with van der Waals surface area (Å²) in [7, 11) is -3.31. The van der Waals surface area contributed by atoms with E-state index in [0.29, 0.717) is 6.61 Å². The molecule has 1 aliphatic rings. The second-order valence-corrected chi connectivity index (χ2v) is 7.20. The Labute approximate surface area is 120 Å². The fourth-order valence-electron chi connectivity index (χ4n) is 1.84. The molecule has 0 unspecified atom stereocenters. The summed E-state index contributed by atoms with van der Waals surface area (Å²) in [5.74, 6) is 0.806. The van der Waals surface area contributed by atoms with Crippen molar-refractivity contribution in [2.75, 3.05) is 18.2 Å². The van der Waals surface area contributed by atoms with Crippen LogP contribution in [0.15, 0.2) is 16.6 Å². The van der Waals surface area contributed by atoms with Gasteiger partial charge in [-0.05, 0) is 17.7 Å². The van der Waals surface area contributed by atoms with Crippen LogP contribution in [0.1, 0.15) is 11.1 Å². The van der Waals surface area contributed by atoms with Crippen LogP contribution in [0.3, 0.4) is 0 Å². The predicted octanol–water partition coefficient (Wildman–Crippen LogP) is 2.04. The first kappa shape index (κ1) is 14.1. The van der Waals surface area contributed by atoms with E-state index in [4.69, 9.17) is 16.3 Å². The molecule has 0 atom stereocenters. The third-order valence-electron chi connectivity index (χ3n) is 2.65. The average molecular weight is 355 g/mol. The number of benzene rings is 1. The van der Waals surface area contributed by atoms with E-state index in [9.17, 15) is 8.42 Å². The number of sulfonamides is 1. The Morgan fingerprint density at radius 2 is 2.22 bits per heavy atom. The van der Waals surface area contributed by atoms with Gasteiger partial charge < -0.3 is 4.74 Å². The molecule has 1 aromatic rings. The second-order valence-electron chi connectivity index (χ2n) is 3.98. The second kappa shape index (κ2) is 5.77. The molecule has 0 aliphatic carbocycles. The van der Waals surface area contributed by atoms with Gasteiger partial charge in [-0.3, -0.25) is 0 Å². The van der Waals surface area contributed by atoms with Crippen molar-refractivity contribution < 1.29 is 13.2 Å². The van der Waals surface area contributed by atoms with E-state index in [1.807, 2.05) is 12.1 Å². The van der Waals surface area contributed by atoms with Crippen molar-refractivity contribution in [2.24, 2.45) is 0 Å². The summed E-state index contributed by atoms with van der Waals surface area (Å²) in [6, 6.07) is 3.87. The maximum atomic E-state index is 11.5. The van der Waals surface area contributed by atoms with Gasteiger partial charge in [-0.2, -0.15) is 0 Å². The van der Waals surface area contributed by atoms with Crippen LogP contribution in [0.2, 0.25) is 0 Å². The molecule has 0 aromatic heterocycles. The van der Waals surface area contributed by atoms with Crippen molar-refractivity contribution in [2.45, 2.75) is 13.0 Å². The van der Waals surface area contributed by atoms with Gasteiger partial charge in [-0.15, -0.1) is 11.6 Å². The highest BCUT2D eigenvalue weighted by Gasteiger charge is 2.18. The predicted molar refractivity (Wildman–Crippen MR) is 74.7 cm³/mol. The molecule has 0 bridgehead atoms. The minimum Gasteiger partial charge on any atom is -0.493 e. The van der Waals surface area contributed by atoms with E-state index >= 15 is 0 Å². The Morgan fingerprint density at radius 3 is 2.94 bits per heavy atom. The molecule has 0 radical (unpaired) electrons. The summed E-state index contributed by atoms with van der Waals surface area (Å²) < 4.78 is 32.1. The molecule has 0 amide bonds. The minimum absolute atomic E-state index is 0.0778. The summed E-state index contributed by atoms with van der Waals surface area (Å²) >= 11 is 8.85. The molecule has 2 rings (SSSR count). The summed E-state index contributed by atoms with van der Waals surface area (Å²) in [5.41, 5.74) is 1.95. The summed E-state index contributed by atoms with van der Waals surface area (Å²) in [6.07, 6.45) is 0.857. The number of ether oxygens (including phenoxy) is 1. The molecule has 1 N–H and O–H groups in total. The van der Waals surface area contributed by atoms with Crippen LogP contribution in [0.25, 0.3) is 0 Å². The van der Waals surface area contributed by atoms with E-state index in [1.165, 1.54) is 0 Å². The molecule has 7 heteroatoms. The lowest BCUT2D eigenvalue weighted by atomic mass is 10.1. The first-order valence-electron chi connectivity index (χ1n) is 5.49. The number of rotatable bonds is 5. The molecular weight excluding hydrogens is 342 g/mol. The summed E-state index contributed by atoms with van der Waals surface area (Å²) in [5, 5.41) is 0. The zero-order valence-electron chi connectivity index (χ0n) is 9.58. The Balaban J connectivity index is 2.15. The van der Waals surface area contributed by atoms with E-state index < -0.39 is 10.0 Å². The molecular formula is C11H13BrClNO3S. The number of halogens is 2. The zero-order valence-corrected chi connectivity index (χ0v) is 12.7. The van der Waals surface area contributed by atoms with Gasteiger partial charge in [0.2, 0.25) is 10.0 Å². The standard InChI is InChI=1S/C11H13BrClNO3S/c12-10-5-8-1-3-17-11(8)9(6-10)7-14-18(15,16)4-2-13/h5-6,14H,1-4,7H2. The third kappa shape index (κ3) is 3.38. The van der Waals surface area contributed by atoms with Gasteiger partial charge in [-0.25, -0.2) is 13.1 Å². The van der Waals surface area contributed by atoms with Gasteiger partial charge in [-0.1, -0.05) is 15.9 Å². The number of nitrogens with one attached hydrogen (secondary N) is 1. The highest BCUT2D eigenvalue weighted by Crippen LogP contribution is 2.32. The zero-order chi connectivity index (χ0) is 13.2. The fraction of sp³-hybridized carbons (Fsp3) is 0.455. The monoisotopic (exact) mass is 353 g/mol. The molecule has 1 aliphatic heterocycles. The van der Waals surface area contributed by atoms with E-state index in [-0.39, 0.29) is 18.2 Å². The Bertz CT molecular complexity index is 547. The minimum atomic E-state index is -3.31. The molecule has 4 nitrogen and oxygen atoms in total. The number of hydrogen-bond donors (Lipinski definition) is 1. The van der Waals surface area contributed by atoms with Crippen LogP contribution in [-0.4, -0.2) is 26.7 Å². The van der Waals surface area contributed by atoms with Crippen molar-refractivity contribution in [1.82, 2.24) is 4.72 Å². The van der Waals surface area contributed by atoms with Crippen LogP contribution < -0.4 is 9.46 Å². The number of alkyl halides is 1. The molecule has 100 valence electrons. The first-order chi connectivity index (χ1) is 8.52. The third-order valence-corrected chi connectivity index (χ3v) is 4.85. The Hall–Kier alpha value is -0.300. The van der Waals surface area contributed by atoms with Crippen molar-refractivity contribution in [3.63, 3.8) is 0 Å². The van der Waals surface area contributed by atoms with Crippen LogP contribution in [0.4, 0.5) is 0 Å². The lowest BCUT2D eigenvalue weighted by Gasteiger charge is -2.10. The summed E-state index contributed by atoms with van der Waals surface area (Å²) in [6.45, 7) is 0.869. The number of hydrogen-bond acceptors (Lipinski definition) is 3. The van der Waals surface area contributed by atoms with Gasteiger partial charge in [0.15, 0.2) is 0 Å². The normalized spacial score (nSPS) is 14.3. The van der Waals surface area contributed by atoms with Crippen molar-refractivity contribution in [3.05, 3.63) is 27.7 Å². The smallest absolute Gasteiger partial charge is 0.213 e. The molecule has 1 aromatic carbocycles. The van der Waals surface area contributed by atoms with Crippen LogP contribution in [0.5, 0.6) is 5.75 Å². The molecule has 0 saturated carbocycles. The van der Waals surface area contributed by atoms with E-state index in [2.05, 4.69) is 20.7 Å². The van der Waals surface area contributed by atoms with Gasteiger partial charge in [0.05, 0.1) is 12.4 Å². The Morgan fingerprint density at radius 1 is 1.44 bits per heavy atom. The molecule has 18 heavy (non-hydrogen) atoms. The molecule has 0 fully saturated rings. The maximum absolute atomic E-state index is 11.5. The highest BCUT2D eigenvalue weighted by atomic mass is 79.9. The van der Waals surface area contributed by atoms with Crippen molar-refractivity contribution in [3.8, 4) is 5.75 Å². The Kier molecular flexibility index (Phi) is 4.53. The number of fused-ring (bicyclic) bond motifs is 1. The molecule has 0 spiro atoms. The summed E-state index contributed by atoms with van der Waals surface area (Å²) in [4.78, 5) is 0. The van der Waals surface area contributed by atoms with Crippen LogP contribution in [-0.2, 0) is 23.0 Å². The van der Waals surface area contributed by atoms with Gasteiger partial charge in [0.25, 0.3) is 0 Å². The topological polar surface area (TPSA) is 55.4 Å². The maximum Gasteiger partial charge on any atom is 0.213 e. The quantitative estimate of drug-likeness (QED) is 0.823. The van der Waals surface area contributed by atoms with Gasteiger partial charge in [0.1, 0.15) is 5.75 Å².